The van der Waals surface area contributed by atoms with Gasteiger partial charge >= 0.3 is 0 Å². The number of phenols is 3. The Kier molecular flexibility index (Phi) is 2.96. The lowest BCUT2D eigenvalue weighted by Gasteiger charge is -2.04. The van der Waals surface area contributed by atoms with E-state index < -0.39 is 5.75 Å². The van der Waals surface area contributed by atoms with Gasteiger partial charge in [0.25, 0.3) is 0 Å². The lowest BCUT2D eigenvalue weighted by atomic mass is 10.1. The van der Waals surface area contributed by atoms with E-state index in [1.54, 1.807) is 0 Å². The Labute approximate surface area is 81.4 Å². The second-order valence-corrected chi connectivity index (χ2v) is 3.18. The number of hydrogen-bond acceptors (Lipinski definition) is 4. The fourth-order valence-electron chi connectivity index (χ4n) is 1.13. The van der Waals surface area contributed by atoms with E-state index in [0.717, 1.165) is 0 Å². The van der Waals surface area contributed by atoms with Gasteiger partial charge in [-0.2, -0.15) is 0 Å². The van der Waals surface area contributed by atoms with Crippen LogP contribution in [0.3, 0.4) is 0 Å². The molecule has 1 aromatic carbocycles. The first kappa shape index (κ1) is 10.4. The van der Waals surface area contributed by atoms with E-state index in [1.807, 2.05) is 0 Å². The first-order valence-corrected chi connectivity index (χ1v) is 4.24. The molecule has 0 spiro atoms. The van der Waals surface area contributed by atoms with E-state index >= 15 is 0 Å². The second kappa shape index (κ2) is 4.00. The lowest BCUT2D eigenvalue weighted by molar-refractivity contribution is -0.116. The number of hydrogen-bond donors (Lipinski definition) is 3. The average molecular weight is 196 g/mol. The van der Waals surface area contributed by atoms with Gasteiger partial charge in [0.05, 0.1) is 0 Å². The minimum atomic E-state index is -0.531. The third-order valence-corrected chi connectivity index (χ3v) is 1.90. The number of Topliss-reactive ketones (excluding diaryl/α,β-unsaturated/α-hetero) is 1. The van der Waals surface area contributed by atoms with Gasteiger partial charge in [-0.15, -0.1) is 0 Å². The molecule has 0 unspecified atom stereocenters. The smallest absolute Gasteiger partial charge is 0.200 e. The van der Waals surface area contributed by atoms with E-state index in [2.05, 4.69) is 0 Å². The van der Waals surface area contributed by atoms with Crippen molar-refractivity contribution < 1.29 is 20.1 Å². The van der Waals surface area contributed by atoms with E-state index in [1.165, 1.54) is 19.1 Å². The van der Waals surface area contributed by atoms with Gasteiger partial charge in [0.2, 0.25) is 0 Å². The van der Waals surface area contributed by atoms with Crippen LogP contribution in [-0.2, 0) is 11.2 Å². The fraction of sp³-hybridized carbons (Fsp3) is 0.300. The highest BCUT2D eigenvalue weighted by Gasteiger charge is 2.08. The van der Waals surface area contributed by atoms with Crippen LogP contribution >= 0.6 is 0 Å². The SMILES string of the molecule is CC(=O)CCc1cc(O)c(O)c(O)c1. The first-order valence-electron chi connectivity index (χ1n) is 4.24. The van der Waals surface area contributed by atoms with Gasteiger partial charge in [0.15, 0.2) is 17.2 Å². The van der Waals surface area contributed by atoms with E-state index in [9.17, 15) is 4.79 Å². The molecule has 0 aromatic heterocycles. The van der Waals surface area contributed by atoms with Crippen LogP contribution in [0.5, 0.6) is 17.2 Å². The van der Waals surface area contributed by atoms with Crippen LogP contribution in [0.2, 0.25) is 0 Å². The van der Waals surface area contributed by atoms with Gasteiger partial charge in [0.1, 0.15) is 5.78 Å². The molecule has 14 heavy (non-hydrogen) atoms. The van der Waals surface area contributed by atoms with Crippen molar-refractivity contribution in [1.29, 1.82) is 0 Å². The molecule has 0 amide bonds. The molecule has 0 saturated carbocycles. The topological polar surface area (TPSA) is 77.8 Å². The maximum atomic E-state index is 10.7. The summed E-state index contributed by atoms with van der Waals surface area (Å²) in [7, 11) is 0. The van der Waals surface area contributed by atoms with Crippen molar-refractivity contribution in [3.63, 3.8) is 0 Å². The highest BCUT2D eigenvalue weighted by molar-refractivity contribution is 5.75. The molecule has 3 N–H and O–H groups in total. The third-order valence-electron chi connectivity index (χ3n) is 1.90. The summed E-state index contributed by atoms with van der Waals surface area (Å²) in [5.41, 5.74) is 0.619. The Hall–Kier alpha value is -1.71. The summed E-state index contributed by atoms with van der Waals surface area (Å²) in [5, 5.41) is 27.3. The number of rotatable bonds is 3. The van der Waals surface area contributed by atoms with Crippen LogP contribution in [-0.4, -0.2) is 21.1 Å². The first-order chi connectivity index (χ1) is 6.50. The molecule has 0 aliphatic carbocycles. The summed E-state index contributed by atoms with van der Waals surface area (Å²) in [6.45, 7) is 1.47. The maximum Gasteiger partial charge on any atom is 0.200 e. The minimum absolute atomic E-state index is 0.0389. The Bertz CT molecular complexity index is 334. The van der Waals surface area contributed by atoms with Crippen molar-refractivity contribution in [2.75, 3.05) is 0 Å². The van der Waals surface area contributed by atoms with Crippen LogP contribution in [0, 0.1) is 0 Å². The van der Waals surface area contributed by atoms with Crippen LogP contribution in [0.1, 0.15) is 18.9 Å². The van der Waals surface area contributed by atoms with Crippen molar-refractivity contribution >= 4 is 5.78 Å². The molecule has 0 atom stereocenters. The molecular formula is C10H12O4. The molecule has 0 saturated heterocycles. The number of ketones is 1. The van der Waals surface area contributed by atoms with Crippen molar-refractivity contribution in [2.45, 2.75) is 19.8 Å². The average Bonchev–Trinajstić information content (AvgIpc) is 2.10. The van der Waals surface area contributed by atoms with Crippen molar-refractivity contribution in [3.05, 3.63) is 17.7 Å². The lowest BCUT2D eigenvalue weighted by Crippen LogP contribution is -1.93. The largest absolute Gasteiger partial charge is 0.504 e. The Balaban J connectivity index is 2.84. The zero-order chi connectivity index (χ0) is 10.7. The standard InChI is InChI=1S/C10H12O4/c1-6(11)2-3-7-4-8(12)10(14)9(13)5-7/h4-5,12-14H,2-3H2,1H3. The highest BCUT2D eigenvalue weighted by atomic mass is 16.3. The number of aryl methyl sites for hydroxylation is 1. The number of carbonyl (C=O) groups excluding carboxylic acids is 1. The summed E-state index contributed by atoms with van der Waals surface area (Å²) in [6.07, 6.45) is 0.792. The molecule has 1 aromatic rings. The van der Waals surface area contributed by atoms with Crippen molar-refractivity contribution in [2.24, 2.45) is 0 Å². The van der Waals surface area contributed by atoms with E-state index in [-0.39, 0.29) is 17.3 Å². The molecule has 1 rings (SSSR count). The van der Waals surface area contributed by atoms with Crippen molar-refractivity contribution in [3.8, 4) is 17.2 Å². The van der Waals surface area contributed by atoms with Gasteiger partial charge in [0, 0.05) is 6.42 Å². The van der Waals surface area contributed by atoms with Crippen LogP contribution in [0.25, 0.3) is 0 Å². The third kappa shape index (κ3) is 2.39. The number of benzene rings is 1. The summed E-state index contributed by atoms with van der Waals surface area (Å²) >= 11 is 0. The summed E-state index contributed by atoms with van der Waals surface area (Å²) in [5.74, 6) is -1.24. The van der Waals surface area contributed by atoms with Gasteiger partial charge < -0.3 is 20.1 Å². The van der Waals surface area contributed by atoms with Gasteiger partial charge in [-0.05, 0) is 31.0 Å². The van der Waals surface area contributed by atoms with Crippen LogP contribution in [0.4, 0.5) is 0 Å². The van der Waals surface area contributed by atoms with Gasteiger partial charge in [-0.25, -0.2) is 0 Å². The monoisotopic (exact) mass is 196 g/mol. The molecule has 76 valence electrons. The predicted molar refractivity (Wildman–Crippen MR) is 50.4 cm³/mol. The van der Waals surface area contributed by atoms with Crippen LogP contribution < -0.4 is 0 Å². The molecular weight excluding hydrogens is 184 g/mol. The zero-order valence-electron chi connectivity index (χ0n) is 7.82. The quantitative estimate of drug-likeness (QED) is 0.637. The molecule has 0 aliphatic rings. The molecule has 0 fully saturated rings. The Morgan fingerprint density at radius 2 is 1.71 bits per heavy atom. The van der Waals surface area contributed by atoms with Gasteiger partial charge in [-0.1, -0.05) is 0 Å². The van der Waals surface area contributed by atoms with E-state index in [4.69, 9.17) is 15.3 Å². The summed E-state index contributed by atoms with van der Waals surface area (Å²) in [4.78, 5) is 10.7. The zero-order valence-corrected chi connectivity index (χ0v) is 7.82. The number of carbonyl (C=O) groups is 1. The van der Waals surface area contributed by atoms with E-state index in [0.29, 0.717) is 18.4 Å². The second-order valence-electron chi connectivity index (χ2n) is 3.18. The molecule has 4 heteroatoms. The van der Waals surface area contributed by atoms with Gasteiger partial charge in [-0.3, -0.25) is 0 Å². The molecule has 4 nitrogen and oxygen atoms in total. The number of phenolic OH excluding ortho intramolecular Hbond substituents is 3. The Morgan fingerprint density at radius 3 is 2.14 bits per heavy atom. The normalized spacial score (nSPS) is 10.1. The molecule has 0 heterocycles. The fourth-order valence-corrected chi connectivity index (χ4v) is 1.13. The van der Waals surface area contributed by atoms with Crippen molar-refractivity contribution in [1.82, 2.24) is 0 Å². The predicted octanol–water partition coefficient (Wildman–Crippen LogP) is 1.32. The molecule has 0 aliphatic heterocycles. The summed E-state index contributed by atoms with van der Waals surface area (Å²) < 4.78 is 0. The van der Waals surface area contributed by atoms with Crippen LogP contribution in [0.15, 0.2) is 12.1 Å². The molecule has 0 radical (unpaired) electrons. The minimum Gasteiger partial charge on any atom is -0.504 e. The number of aromatic hydroxyl groups is 3. The Morgan fingerprint density at radius 1 is 1.21 bits per heavy atom. The maximum absolute atomic E-state index is 10.7. The highest BCUT2D eigenvalue weighted by Crippen LogP contribution is 2.35. The molecule has 0 bridgehead atoms. The summed E-state index contributed by atoms with van der Waals surface area (Å²) in [6, 6.07) is 2.66.